The first-order valence-electron chi connectivity index (χ1n) is 6.13. The molecule has 2 aliphatic rings. The third kappa shape index (κ3) is 1.70. The SMILES string of the molecule is COc1cc2c(cc1F)NC(=O)CC1CCCN21. The van der Waals surface area contributed by atoms with Crippen LogP contribution in [0.3, 0.4) is 0 Å². The van der Waals surface area contributed by atoms with Crippen molar-refractivity contribution in [2.75, 3.05) is 23.9 Å². The monoisotopic (exact) mass is 250 g/mol. The summed E-state index contributed by atoms with van der Waals surface area (Å²) in [6, 6.07) is 3.24. The van der Waals surface area contributed by atoms with Crippen molar-refractivity contribution >= 4 is 17.3 Å². The summed E-state index contributed by atoms with van der Waals surface area (Å²) in [6.07, 6.45) is 2.54. The van der Waals surface area contributed by atoms with Crippen LogP contribution in [0.5, 0.6) is 5.75 Å². The lowest BCUT2D eigenvalue weighted by Gasteiger charge is -2.25. The molecule has 0 bridgehead atoms. The standard InChI is InChI=1S/C13H15FN2O2/c1-18-12-7-11-10(6-9(12)14)15-13(17)5-8-3-2-4-16(8)11/h6-8H,2-5H2,1H3,(H,15,17). The van der Waals surface area contributed by atoms with Crippen LogP contribution in [0.25, 0.3) is 0 Å². The molecule has 1 N–H and O–H groups in total. The molecule has 1 amide bonds. The van der Waals surface area contributed by atoms with Crippen LogP contribution in [-0.2, 0) is 4.79 Å². The fourth-order valence-electron chi connectivity index (χ4n) is 2.82. The molecule has 1 unspecified atom stereocenters. The number of anilines is 2. The Morgan fingerprint density at radius 1 is 1.50 bits per heavy atom. The maximum atomic E-state index is 13.7. The Bertz CT molecular complexity index is 504. The van der Waals surface area contributed by atoms with Gasteiger partial charge in [-0.05, 0) is 12.8 Å². The minimum Gasteiger partial charge on any atom is -0.494 e. The highest BCUT2D eigenvalue weighted by Gasteiger charge is 2.32. The minimum absolute atomic E-state index is 0.0461. The van der Waals surface area contributed by atoms with Gasteiger partial charge in [-0.25, -0.2) is 4.39 Å². The second kappa shape index (κ2) is 4.15. The number of hydrogen-bond acceptors (Lipinski definition) is 3. The van der Waals surface area contributed by atoms with Crippen molar-refractivity contribution < 1.29 is 13.9 Å². The Morgan fingerprint density at radius 2 is 2.33 bits per heavy atom. The van der Waals surface area contributed by atoms with E-state index < -0.39 is 5.82 Å². The van der Waals surface area contributed by atoms with Gasteiger partial charge in [0.05, 0.1) is 18.5 Å². The van der Waals surface area contributed by atoms with Gasteiger partial charge in [0.2, 0.25) is 5.91 Å². The van der Waals surface area contributed by atoms with Crippen LogP contribution >= 0.6 is 0 Å². The van der Waals surface area contributed by atoms with Crippen LogP contribution in [0.15, 0.2) is 12.1 Å². The molecule has 2 aliphatic heterocycles. The molecule has 1 fully saturated rings. The molecule has 0 saturated carbocycles. The number of nitrogens with zero attached hydrogens (tertiary/aromatic N) is 1. The molecule has 1 aromatic rings. The molecule has 1 saturated heterocycles. The number of methoxy groups -OCH3 is 1. The number of nitrogens with one attached hydrogen (secondary N) is 1. The van der Waals surface area contributed by atoms with Crippen LogP contribution in [0, 0.1) is 5.82 Å². The zero-order chi connectivity index (χ0) is 12.7. The van der Waals surface area contributed by atoms with E-state index in [-0.39, 0.29) is 17.7 Å². The van der Waals surface area contributed by atoms with E-state index in [1.54, 1.807) is 6.07 Å². The third-order valence-corrected chi connectivity index (χ3v) is 3.65. The molecule has 1 aromatic carbocycles. The molecular formula is C13H15FN2O2. The molecule has 0 radical (unpaired) electrons. The van der Waals surface area contributed by atoms with E-state index in [2.05, 4.69) is 10.2 Å². The lowest BCUT2D eigenvalue weighted by atomic mass is 10.1. The van der Waals surface area contributed by atoms with Gasteiger partial charge in [0.15, 0.2) is 11.6 Å². The number of hydrogen-bond donors (Lipinski definition) is 1. The van der Waals surface area contributed by atoms with Crippen LogP contribution in [0.1, 0.15) is 19.3 Å². The second-order valence-corrected chi connectivity index (χ2v) is 4.75. The van der Waals surface area contributed by atoms with Crippen molar-refractivity contribution in [2.24, 2.45) is 0 Å². The Morgan fingerprint density at radius 3 is 3.11 bits per heavy atom. The van der Waals surface area contributed by atoms with E-state index in [0.717, 1.165) is 25.1 Å². The Labute approximate surface area is 105 Å². The summed E-state index contributed by atoms with van der Waals surface area (Å²) in [5.74, 6) is -0.278. The number of carbonyl (C=O) groups is 1. The molecule has 4 nitrogen and oxygen atoms in total. The first-order valence-corrected chi connectivity index (χ1v) is 6.13. The second-order valence-electron chi connectivity index (χ2n) is 4.75. The zero-order valence-corrected chi connectivity index (χ0v) is 10.2. The summed E-state index contributed by atoms with van der Waals surface area (Å²) in [7, 11) is 1.45. The third-order valence-electron chi connectivity index (χ3n) is 3.65. The number of carbonyl (C=O) groups excluding carboxylic acids is 1. The summed E-state index contributed by atoms with van der Waals surface area (Å²) in [5.41, 5.74) is 1.41. The molecule has 0 spiro atoms. The highest BCUT2D eigenvalue weighted by atomic mass is 19.1. The first-order chi connectivity index (χ1) is 8.69. The number of rotatable bonds is 1. The quantitative estimate of drug-likeness (QED) is 0.830. The number of ether oxygens (including phenoxy) is 1. The van der Waals surface area contributed by atoms with Gasteiger partial charge >= 0.3 is 0 Å². The predicted molar refractivity (Wildman–Crippen MR) is 66.6 cm³/mol. The molecule has 0 aliphatic carbocycles. The van der Waals surface area contributed by atoms with E-state index in [4.69, 9.17) is 4.74 Å². The van der Waals surface area contributed by atoms with Gasteiger partial charge in [-0.15, -0.1) is 0 Å². The van der Waals surface area contributed by atoms with Gasteiger partial charge in [0, 0.05) is 31.1 Å². The minimum atomic E-state index is -0.450. The summed E-state index contributed by atoms with van der Waals surface area (Å²) < 4.78 is 18.7. The molecular weight excluding hydrogens is 235 g/mol. The summed E-state index contributed by atoms with van der Waals surface area (Å²) in [5, 5.41) is 2.77. The average Bonchev–Trinajstić information content (AvgIpc) is 2.72. The Hall–Kier alpha value is -1.78. The van der Waals surface area contributed by atoms with E-state index in [1.807, 2.05) is 0 Å². The number of amides is 1. The first kappa shape index (κ1) is 11.3. The molecule has 5 heteroatoms. The van der Waals surface area contributed by atoms with E-state index >= 15 is 0 Å². The van der Waals surface area contributed by atoms with Crippen LogP contribution < -0.4 is 15.0 Å². The van der Waals surface area contributed by atoms with Crippen molar-refractivity contribution in [1.29, 1.82) is 0 Å². The Balaban J connectivity index is 2.11. The van der Waals surface area contributed by atoms with Gasteiger partial charge < -0.3 is 15.0 Å². The molecule has 18 heavy (non-hydrogen) atoms. The van der Waals surface area contributed by atoms with Crippen LogP contribution in [0.2, 0.25) is 0 Å². The van der Waals surface area contributed by atoms with Gasteiger partial charge in [0.25, 0.3) is 0 Å². The molecule has 2 heterocycles. The van der Waals surface area contributed by atoms with Crippen molar-refractivity contribution in [3.63, 3.8) is 0 Å². The lowest BCUT2D eigenvalue weighted by Crippen LogP contribution is -2.29. The summed E-state index contributed by atoms with van der Waals surface area (Å²) >= 11 is 0. The molecule has 3 rings (SSSR count). The predicted octanol–water partition coefficient (Wildman–Crippen LogP) is 2.15. The van der Waals surface area contributed by atoms with Gasteiger partial charge in [-0.1, -0.05) is 0 Å². The highest BCUT2D eigenvalue weighted by molar-refractivity contribution is 5.97. The van der Waals surface area contributed by atoms with Crippen molar-refractivity contribution in [3.8, 4) is 5.75 Å². The topological polar surface area (TPSA) is 41.6 Å². The highest BCUT2D eigenvalue weighted by Crippen LogP contribution is 2.39. The normalized spacial score (nSPS) is 22.0. The maximum absolute atomic E-state index is 13.7. The number of halogens is 1. The average molecular weight is 250 g/mol. The van der Waals surface area contributed by atoms with E-state index in [0.29, 0.717) is 12.1 Å². The number of fused-ring (bicyclic) bond motifs is 3. The van der Waals surface area contributed by atoms with Crippen LogP contribution in [0.4, 0.5) is 15.8 Å². The van der Waals surface area contributed by atoms with Crippen molar-refractivity contribution in [2.45, 2.75) is 25.3 Å². The van der Waals surface area contributed by atoms with Gasteiger partial charge in [0.1, 0.15) is 0 Å². The zero-order valence-electron chi connectivity index (χ0n) is 10.2. The lowest BCUT2D eigenvalue weighted by molar-refractivity contribution is -0.116. The molecule has 96 valence electrons. The largest absolute Gasteiger partial charge is 0.494 e. The Kier molecular flexibility index (Phi) is 2.61. The van der Waals surface area contributed by atoms with E-state index in [9.17, 15) is 9.18 Å². The fraction of sp³-hybridized carbons (Fsp3) is 0.462. The van der Waals surface area contributed by atoms with Crippen molar-refractivity contribution in [1.82, 2.24) is 0 Å². The maximum Gasteiger partial charge on any atom is 0.226 e. The van der Waals surface area contributed by atoms with E-state index in [1.165, 1.54) is 13.2 Å². The van der Waals surface area contributed by atoms with Crippen LogP contribution in [-0.4, -0.2) is 25.6 Å². The summed E-state index contributed by atoms with van der Waals surface area (Å²) in [6.45, 7) is 0.904. The molecule has 1 atom stereocenters. The smallest absolute Gasteiger partial charge is 0.226 e. The molecule has 0 aromatic heterocycles. The summed E-state index contributed by atoms with van der Waals surface area (Å²) in [4.78, 5) is 13.9. The van der Waals surface area contributed by atoms with Gasteiger partial charge in [-0.3, -0.25) is 4.79 Å². The fourth-order valence-corrected chi connectivity index (χ4v) is 2.82. The number of benzene rings is 1. The van der Waals surface area contributed by atoms with Gasteiger partial charge in [-0.2, -0.15) is 0 Å². The van der Waals surface area contributed by atoms with Crippen molar-refractivity contribution in [3.05, 3.63) is 17.9 Å².